The van der Waals surface area contributed by atoms with E-state index in [1.165, 1.54) is 12.8 Å². The zero-order valence-corrected chi connectivity index (χ0v) is 10.5. The van der Waals surface area contributed by atoms with E-state index in [9.17, 15) is 0 Å². The van der Waals surface area contributed by atoms with Crippen molar-refractivity contribution in [2.45, 2.75) is 32.6 Å². The Balaban J connectivity index is 2.27. The van der Waals surface area contributed by atoms with Crippen LogP contribution in [0.5, 0.6) is 0 Å². The molecule has 0 aromatic carbocycles. The molecule has 1 aromatic rings. The van der Waals surface area contributed by atoms with Crippen molar-refractivity contribution in [3.05, 3.63) is 11.4 Å². The van der Waals surface area contributed by atoms with Gasteiger partial charge >= 0.3 is 0 Å². The Morgan fingerprint density at radius 3 is 2.41 bits per heavy atom. The number of hydrogen-bond acceptors (Lipinski definition) is 5. The van der Waals surface area contributed by atoms with Crippen molar-refractivity contribution >= 4 is 11.6 Å². The first kappa shape index (κ1) is 12.1. The molecule has 0 amide bonds. The molecular weight excluding hydrogens is 216 g/mol. The minimum Gasteiger partial charge on any atom is -0.395 e. The molecule has 1 saturated carbocycles. The Hall–Kier alpha value is -1.36. The molecule has 0 aliphatic heterocycles. The lowest BCUT2D eigenvalue weighted by Crippen LogP contribution is -2.13. The summed E-state index contributed by atoms with van der Waals surface area (Å²) in [7, 11) is 0. The van der Waals surface area contributed by atoms with Crippen LogP contribution in [0.2, 0.25) is 0 Å². The largest absolute Gasteiger partial charge is 0.395 e. The third-order valence-corrected chi connectivity index (χ3v) is 2.85. The summed E-state index contributed by atoms with van der Waals surface area (Å²) in [5, 5.41) is 15.3. The molecule has 0 atom stereocenters. The minimum atomic E-state index is 0.110. The van der Waals surface area contributed by atoms with Crippen molar-refractivity contribution in [2.24, 2.45) is 0 Å². The molecule has 0 spiro atoms. The molecule has 0 radical (unpaired) electrons. The number of nitrogens with one attached hydrogen (secondary N) is 2. The zero-order valence-electron chi connectivity index (χ0n) is 10.5. The van der Waals surface area contributed by atoms with Crippen LogP contribution in [0.1, 0.15) is 37.1 Å². The fraction of sp³-hybridized carbons (Fsp3) is 0.667. The Labute approximate surface area is 102 Å². The van der Waals surface area contributed by atoms with Crippen LogP contribution in [0.3, 0.4) is 0 Å². The number of aliphatic hydroxyl groups excluding tert-OH is 1. The summed E-state index contributed by atoms with van der Waals surface area (Å²) in [5.74, 6) is 3.20. The predicted molar refractivity (Wildman–Crippen MR) is 68.5 cm³/mol. The lowest BCUT2D eigenvalue weighted by molar-refractivity contribution is 0.311. The molecule has 1 aliphatic rings. The highest BCUT2D eigenvalue weighted by atomic mass is 16.3. The second-order valence-electron chi connectivity index (χ2n) is 4.36. The van der Waals surface area contributed by atoms with Crippen LogP contribution < -0.4 is 10.6 Å². The molecule has 0 unspecified atom stereocenters. The monoisotopic (exact) mass is 236 g/mol. The summed E-state index contributed by atoms with van der Waals surface area (Å²) < 4.78 is 0. The van der Waals surface area contributed by atoms with Gasteiger partial charge in [0.05, 0.1) is 6.61 Å². The summed E-state index contributed by atoms with van der Waals surface area (Å²) in [6.45, 7) is 5.53. The van der Waals surface area contributed by atoms with Gasteiger partial charge in [0, 0.05) is 24.6 Å². The van der Waals surface area contributed by atoms with Crippen molar-refractivity contribution in [2.75, 3.05) is 30.3 Å². The van der Waals surface area contributed by atoms with Crippen LogP contribution >= 0.6 is 0 Å². The summed E-state index contributed by atoms with van der Waals surface area (Å²) in [6.07, 6.45) is 2.38. The molecule has 0 bridgehead atoms. The number of anilines is 2. The van der Waals surface area contributed by atoms with Gasteiger partial charge in [0.25, 0.3) is 0 Å². The van der Waals surface area contributed by atoms with E-state index in [0.29, 0.717) is 12.5 Å². The number of nitrogens with zero attached hydrogens (tertiary/aromatic N) is 2. The van der Waals surface area contributed by atoms with E-state index < -0.39 is 0 Å². The maximum absolute atomic E-state index is 8.86. The van der Waals surface area contributed by atoms with E-state index in [4.69, 9.17) is 5.11 Å². The first-order valence-corrected chi connectivity index (χ1v) is 6.23. The van der Waals surface area contributed by atoms with E-state index in [2.05, 4.69) is 27.5 Å². The normalized spacial score (nSPS) is 14.8. The summed E-state index contributed by atoms with van der Waals surface area (Å²) in [5.41, 5.74) is 1.02. The summed E-state index contributed by atoms with van der Waals surface area (Å²) in [6, 6.07) is 0. The Morgan fingerprint density at radius 2 is 1.88 bits per heavy atom. The van der Waals surface area contributed by atoms with Gasteiger partial charge in [-0.2, -0.15) is 0 Å². The lowest BCUT2D eigenvalue weighted by Gasteiger charge is -2.13. The quantitative estimate of drug-likeness (QED) is 0.698. The topological polar surface area (TPSA) is 70.1 Å². The van der Waals surface area contributed by atoms with Crippen LogP contribution in [-0.4, -0.2) is 34.8 Å². The number of rotatable bonds is 6. The first-order chi connectivity index (χ1) is 8.26. The Kier molecular flexibility index (Phi) is 3.78. The van der Waals surface area contributed by atoms with Gasteiger partial charge in [-0.25, -0.2) is 9.97 Å². The fourth-order valence-electron chi connectivity index (χ4n) is 1.74. The summed E-state index contributed by atoms with van der Waals surface area (Å²) >= 11 is 0. The fourth-order valence-corrected chi connectivity index (χ4v) is 1.74. The molecule has 1 heterocycles. The third kappa shape index (κ3) is 2.85. The van der Waals surface area contributed by atoms with Gasteiger partial charge in [0.2, 0.25) is 0 Å². The standard InChI is InChI=1S/C12H20N4O/c1-3-13-10-8(2)11(14-6-7-17)16-12(15-10)9-4-5-9/h9,17H,3-7H2,1-2H3,(H2,13,14,15,16). The molecule has 5 heteroatoms. The third-order valence-electron chi connectivity index (χ3n) is 2.85. The molecule has 0 saturated heterocycles. The van der Waals surface area contributed by atoms with Crippen LogP contribution in [0.25, 0.3) is 0 Å². The van der Waals surface area contributed by atoms with Crippen molar-refractivity contribution < 1.29 is 5.11 Å². The van der Waals surface area contributed by atoms with Gasteiger partial charge in [-0.15, -0.1) is 0 Å². The van der Waals surface area contributed by atoms with Crippen molar-refractivity contribution in [1.82, 2.24) is 9.97 Å². The van der Waals surface area contributed by atoms with Crippen molar-refractivity contribution in [1.29, 1.82) is 0 Å². The zero-order chi connectivity index (χ0) is 12.3. The molecule has 5 nitrogen and oxygen atoms in total. The SMILES string of the molecule is CCNc1nc(C2CC2)nc(NCCO)c1C. The lowest BCUT2D eigenvalue weighted by atomic mass is 10.2. The van der Waals surface area contributed by atoms with E-state index >= 15 is 0 Å². The van der Waals surface area contributed by atoms with Gasteiger partial charge in [-0.1, -0.05) is 0 Å². The van der Waals surface area contributed by atoms with Crippen LogP contribution in [0.15, 0.2) is 0 Å². The molecule has 1 aliphatic carbocycles. The second kappa shape index (κ2) is 5.31. The van der Waals surface area contributed by atoms with Gasteiger partial charge in [-0.05, 0) is 26.7 Å². The molecule has 1 fully saturated rings. The average molecular weight is 236 g/mol. The van der Waals surface area contributed by atoms with Gasteiger partial charge < -0.3 is 15.7 Å². The number of hydrogen-bond donors (Lipinski definition) is 3. The van der Waals surface area contributed by atoms with E-state index in [1.54, 1.807) is 0 Å². The maximum atomic E-state index is 8.86. The molecule has 17 heavy (non-hydrogen) atoms. The van der Waals surface area contributed by atoms with E-state index in [-0.39, 0.29) is 6.61 Å². The van der Waals surface area contributed by atoms with E-state index in [1.807, 2.05) is 6.92 Å². The maximum Gasteiger partial charge on any atom is 0.136 e. The highest BCUT2D eigenvalue weighted by Crippen LogP contribution is 2.39. The minimum absolute atomic E-state index is 0.110. The number of aliphatic hydroxyl groups is 1. The highest BCUT2D eigenvalue weighted by Gasteiger charge is 2.28. The number of aromatic nitrogens is 2. The van der Waals surface area contributed by atoms with E-state index in [0.717, 1.165) is 29.6 Å². The highest BCUT2D eigenvalue weighted by molar-refractivity contribution is 5.57. The predicted octanol–water partition coefficient (Wildman–Crippen LogP) is 1.50. The van der Waals surface area contributed by atoms with Crippen LogP contribution in [0.4, 0.5) is 11.6 Å². The van der Waals surface area contributed by atoms with Crippen LogP contribution in [-0.2, 0) is 0 Å². The Bertz CT molecular complexity index is 390. The molecule has 1 aromatic heterocycles. The van der Waals surface area contributed by atoms with Gasteiger partial charge in [-0.3, -0.25) is 0 Å². The Morgan fingerprint density at radius 1 is 1.24 bits per heavy atom. The van der Waals surface area contributed by atoms with Gasteiger partial charge in [0.15, 0.2) is 0 Å². The average Bonchev–Trinajstić information content (AvgIpc) is 3.14. The molecule has 94 valence electrons. The van der Waals surface area contributed by atoms with Crippen molar-refractivity contribution in [3.8, 4) is 0 Å². The smallest absolute Gasteiger partial charge is 0.136 e. The second-order valence-corrected chi connectivity index (χ2v) is 4.36. The molecule has 3 N–H and O–H groups in total. The van der Waals surface area contributed by atoms with Crippen LogP contribution in [0, 0.1) is 6.92 Å². The van der Waals surface area contributed by atoms with Crippen molar-refractivity contribution in [3.63, 3.8) is 0 Å². The molecular formula is C12H20N4O. The summed E-state index contributed by atoms with van der Waals surface area (Å²) in [4.78, 5) is 9.11. The molecule has 2 rings (SSSR count). The first-order valence-electron chi connectivity index (χ1n) is 6.23. The van der Waals surface area contributed by atoms with Gasteiger partial charge in [0.1, 0.15) is 17.5 Å².